The number of furan rings is 2. The summed E-state index contributed by atoms with van der Waals surface area (Å²) < 4.78 is 53.3. The summed E-state index contributed by atoms with van der Waals surface area (Å²) in [5.74, 6) is 3.09. The fourth-order valence-corrected chi connectivity index (χ4v) is 8.80. The molecule has 0 aliphatic carbocycles. The van der Waals surface area contributed by atoms with E-state index in [4.69, 9.17) is 28.8 Å². The minimum absolute atomic E-state index is 0.00369. The molecule has 306 valence electrons. The maximum absolute atomic E-state index is 13.8. The van der Waals surface area contributed by atoms with Crippen molar-refractivity contribution in [1.29, 1.82) is 0 Å². The highest BCUT2D eigenvalue weighted by Gasteiger charge is 2.37. The number of amidine groups is 1. The highest BCUT2D eigenvalue weighted by Crippen LogP contribution is 2.40. The predicted octanol–water partition coefficient (Wildman–Crippen LogP) is 10.6. The first-order chi connectivity index (χ1) is 29.1. The summed E-state index contributed by atoms with van der Waals surface area (Å²) in [6.45, 7) is 7.66. The maximum Gasteiger partial charge on any atom is 0.427 e. The number of aromatic nitrogens is 1. The van der Waals surface area contributed by atoms with Crippen LogP contribution in [0.1, 0.15) is 71.1 Å². The summed E-state index contributed by atoms with van der Waals surface area (Å²) in [4.78, 5) is 29.3. The lowest BCUT2D eigenvalue weighted by atomic mass is 10.0. The zero-order valence-electron chi connectivity index (χ0n) is 33.0. The molecule has 0 amide bonds. The van der Waals surface area contributed by atoms with E-state index in [9.17, 15) is 13.2 Å². The lowest BCUT2D eigenvalue weighted by Crippen LogP contribution is -2.42. The van der Waals surface area contributed by atoms with E-state index < -0.39 is 11.1 Å². The van der Waals surface area contributed by atoms with Crippen LogP contribution in [0.3, 0.4) is 0 Å². The predicted molar refractivity (Wildman–Crippen MR) is 231 cm³/mol. The molecule has 2 saturated heterocycles. The molecule has 10 rings (SSSR count). The van der Waals surface area contributed by atoms with Gasteiger partial charge in [0.15, 0.2) is 22.6 Å². The summed E-state index contributed by atoms with van der Waals surface area (Å²) in [5.41, 5.74) is 7.10. The minimum atomic E-state index is -4.57. The first kappa shape index (κ1) is 37.8. The monoisotopic (exact) mass is 830 g/mol. The fraction of sp³-hybridized carbons (Fsp3) is 0.295. The van der Waals surface area contributed by atoms with E-state index >= 15 is 0 Å². The van der Waals surface area contributed by atoms with E-state index in [1.807, 2.05) is 62.4 Å². The third-order valence-electron chi connectivity index (χ3n) is 11.1. The number of guanidine groups is 2. The zero-order valence-corrected chi connectivity index (χ0v) is 33.8. The van der Waals surface area contributed by atoms with Crippen molar-refractivity contribution in [2.75, 3.05) is 46.6 Å². The highest BCUT2D eigenvalue weighted by atomic mass is 32.1. The maximum atomic E-state index is 13.8. The molecule has 8 heterocycles. The largest absolute Gasteiger partial charge is 0.446 e. The number of aryl methyl sites for hydroxylation is 2. The molecular weight excluding hydrogens is 790 g/mol. The number of halogens is 3. The number of nitrogens with one attached hydrogen (secondary N) is 2. The Hall–Kier alpha value is -6.42. The van der Waals surface area contributed by atoms with Gasteiger partial charge in [0.2, 0.25) is 11.9 Å². The fourth-order valence-electron chi connectivity index (χ4n) is 8.08. The Morgan fingerprint density at radius 2 is 1.23 bits per heavy atom. The van der Waals surface area contributed by atoms with Gasteiger partial charge in [-0.25, -0.2) is 19.9 Å². The summed E-state index contributed by atoms with van der Waals surface area (Å²) in [5, 5.41) is 6.99. The third-order valence-corrected chi connectivity index (χ3v) is 12.1. The first-order valence-electron chi connectivity index (χ1n) is 20.2. The second kappa shape index (κ2) is 15.3. The van der Waals surface area contributed by atoms with Crippen molar-refractivity contribution >= 4 is 75.0 Å². The van der Waals surface area contributed by atoms with Crippen LogP contribution < -0.4 is 20.4 Å². The van der Waals surface area contributed by atoms with Crippen LogP contribution in [0, 0.1) is 13.8 Å². The number of hydrogen-bond donors (Lipinski definition) is 2. The second-order valence-corrected chi connectivity index (χ2v) is 16.4. The number of allylic oxidation sites excluding steroid dienone is 2. The van der Waals surface area contributed by atoms with E-state index in [0.717, 1.165) is 103 Å². The Morgan fingerprint density at radius 3 is 1.80 bits per heavy atom. The summed E-state index contributed by atoms with van der Waals surface area (Å²) in [6.07, 6.45) is 7.08. The van der Waals surface area contributed by atoms with Crippen molar-refractivity contribution in [1.82, 2.24) is 9.88 Å². The van der Waals surface area contributed by atoms with Crippen molar-refractivity contribution in [2.45, 2.75) is 58.5 Å². The van der Waals surface area contributed by atoms with Gasteiger partial charge in [-0.2, -0.15) is 23.2 Å². The SMILES string of the molecule is Cc1ccc(Nc2cc(N3CCCCC3)ccc2C2=CC3=CC(c4ccc(N5CCCCC5)cc4Nc4ccc(C)o4)=NC4=NC(c5ncc(C(F)(F)F)s5)=NC(=N2)N34)o1. The van der Waals surface area contributed by atoms with Gasteiger partial charge < -0.3 is 29.3 Å². The van der Waals surface area contributed by atoms with Crippen LogP contribution in [0.4, 0.5) is 47.7 Å². The minimum Gasteiger partial charge on any atom is -0.446 e. The molecule has 2 N–H and O–H groups in total. The summed E-state index contributed by atoms with van der Waals surface area (Å²) in [6, 6.07) is 20.1. The molecule has 5 aromatic rings. The standard InChI is InChI=1S/C44H41F3N10O2S/c1-26-9-15-38(58-26)49-33-21-28(55-17-5-3-6-18-55)11-13-31(33)35-23-30-24-36(52-43-54-40(53-42(51-35)57(30)43)41-48-25-37(60-41)44(45,46)47)32-14-12-29(56-19-7-4-8-20-56)22-34(32)50-39-16-10-27(2)59-39/h9-16,21-25,49-50H,3-8,17-20H2,1-2H3. The molecular formula is C44H41F3N10O2S. The van der Waals surface area contributed by atoms with Gasteiger partial charge in [0.25, 0.3) is 0 Å². The number of hydrogen-bond acceptors (Lipinski definition) is 13. The zero-order chi connectivity index (χ0) is 41.0. The second-order valence-electron chi connectivity index (χ2n) is 15.3. The van der Waals surface area contributed by atoms with E-state index in [1.54, 1.807) is 4.90 Å². The van der Waals surface area contributed by atoms with Gasteiger partial charge in [-0.15, -0.1) is 11.3 Å². The molecule has 5 aliphatic rings. The van der Waals surface area contributed by atoms with Crippen molar-refractivity contribution in [3.05, 3.63) is 117 Å². The van der Waals surface area contributed by atoms with E-state index in [0.29, 0.717) is 40.2 Å². The van der Waals surface area contributed by atoms with Crippen LogP contribution >= 0.6 is 11.3 Å². The lowest BCUT2D eigenvalue weighted by Gasteiger charge is -2.33. The van der Waals surface area contributed by atoms with Crippen molar-refractivity contribution < 1.29 is 22.0 Å². The molecule has 2 fully saturated rings. The molecule has 0 bridgehead atoms. The number of piperidine rings is 2. The number of anilines is 6. The number of thiazole rings is 1. The average molecular weight is 831 g/mol. The molecule has 0 atom stereocenters. The van der Waals surface area contributed by atoms with Crippen LogP contribution in [0.25, 0.3) is 5.70 Å². The average Bonchev–Trinajstić information content (AvgIpc) is 4.03. The molecule has 0 radical (unpaired) electrons. The molecule has 16 heteroatoms. The van der Waals surface area contributed by atoms with Gasteiger partial charge in [0, 0.05) is 60.8 Å². The number of rotatable bonds is 9. The first-order valence-corrected chi connectivity index (χ1v) is 21.0. The van der Waals surface area contributed by atoms with Gasteiger partial charge in [-0.05, 0) is 113 Å². The van der Waals surface area contributed by atoms with Crippen molar-refractivity contribution in [2.24, 2.45) is 20.0 Å². The molecule has 0 spiro atoms. The molecule has 5 aliphatic heterocycles. The number of nitrogens with zero attached hydrogens (tertiary/aromatic N) is 8. The van der Waals surface area contributed by atoms with E-state index in [-0.39, 0.29) is 22.8 Å². The molecule has 12 nitrogen and oxygen atoms in total. The van der Waals surface area contributed by atoms with Crippen LogP contribution in [-0.2, 0) is 6.18 Å². The van der Waals surface area contributed by atoms with Crippen LogP contribution in [0.2, 0.25) is 0 Å². The van der Waals surface area contributed by atoms with Gasteiger partial charge in [0.1, 0.15) is 16.4 Å². The van der Waals surface area contributed by atoms with Crippen molar-refractivity contribution in [3.63, 3.8) is 0 Å². The van der Waals surface area contributed by atoms with E-state index in [2.05, 4.69) is 49.7 Å². The molecule has 3 aromatic heterocycles. The molecule has 0 unspecified atom stereocenters. The van der Waals surface area contributed by atoms with Crippen LogP contribution in [0.15, 0.2) is 114 Å². The van der Waals surface area contributed by atoms with Gasteiger partial charge >= 0.3 is 6.18 Å². The normalized spacial score (nSPS) is 17.9. The smallest absolute Gasteiger partial charge is 0.427 e. The van der Waals surface area contributed by atoms with Gasteiger partial charge in [-0.1, -0.05) is 0 Å². The Bertz CT molecular complexity index is 2560. The third kappa shape index (κ3) is 7.51. The Kier molecular flexibility index (Phi) is 9.65. The Balaban J connectivity index is 1.12. The van der Waals surface area contributed by atoms with Crippen molar-refractivity contribution in [3.8, 4) is 0 Å². The lowest BCUT2D eigenvalue weighted by molar-refractivity contribution is -0.134. The summed E-state index contributed by atoms with van der Waals surface area (Å²) in [7, 11) is 0. The summed E-state index contributed by atoms with van der Waals surface area (Å²) >= 11 is 0.478. The van der Waals surface area contributed by atoms with Gasteiger partial charge in [-0.3, -0.25) is 0 Å². The number of aliphatic imine (C=N–C) groups is 4. The number of benzene rings is 2. The topological polar surface area (TPSA) is 122 Å². The molecule has 0 saturated carbocycles. The Labute approximate surface area is 348 Å². The highest BCUT2D eigenvalue weighted by molar-refractivity contribution is 7.13. The molecule has 2 aromatic carbocycles. The van der Waals surface area contributed by atoms with Gasteiger partial charge in [0.05, 0.1) is 34.7 Å². The Morgan fingerprint density at radius 1 is 0.650 bits per heavy atom. The van der Waals surface area contributed by atoms with Crippen LogP contribution in [-0.4, -0.2) is 59.5 Å². The van der Waals surface area contributed by atoms with E-state index in [1.165, 1.54) is 12.8 Å². The number of alkyl halides is 3. The van der Waals surface area contributed by atoms with Crippen LogP contribution in [0.5, 0.6) is 0 Å². The quantitative estimate of drug-likeness (QED) is 0.151. The molecule has 60 heavy (non-hydrogen) atoms.